The third kappa shape index (κ3) is 1.68. The van der Waals surface area contributed by atoms with E-state index < -0.39 is 6.10 Å². The van der Waals surface area contributed by atoms with Crippen LogP contribution < -0.4 is 5.32 Å². The number of esters is 1. The van der Waals surface area contributed by atoms with Crippen LogP contribution in [0.5, 0.6) is 0 Å². The van der Waals surface area contributed by atoms with E-state index in [0.717, 1.165) is 0 Å². The van der Waals surface area contributed by atoms with E-state index in [1.54, 1.807) is 0 Å². The molecule has 4 nitrogen and oxygen atoms in total. The number of carbonyl (C=O) groups is 1. The van der Waals surface area contributed by atoms with E-state index in [1.807, 2.05) is 0 Å². The van der Waals surface area contributed by atoms with Gasteiger partial charge in [-0.2, -0.15) is 0 Å². The second-order valence-electron chi connectivity index (χ2n) is 2.37. The van der Waals surface area contributed by atoms with Crippen LogP contribution in [0.4, 0.5) is 0 Å². The molecule has 0 aromatic carbocycles. The summed E-state index contributed by atoms with van der Waals surface area (Å²) in [6, 6.07) is 0. The zero-order valence-corrected chi connectivity index (χ0v) is 5.83. The van der Waals surface area contributed by atoms with Crippen molar-refractivity contribution in [3.8, 4) is 0 Å². The van der Waals surface area contributed by atoms with Crippen LogP contribution in [-0.2, 0) is 9.53 Å². The smallest absolute Gasteiger partial charge is 0.303 e. The minimum absolute atomic E-state index is 0.340. The van der Waals surface area contributed by atoms with Crippen LogP contribution in [0.3, 0.4) is 0 Å². The highest BCUT2D eigenvalue weighted by Crippen LogP contribution is 2.03. The van der Waals surface area contributed by atoms with Gasteiger partial charge in [-0.25, -0.2) is 0 Å². The molecular weight excluding hydrogens is 134 g/mol. The van der Waals surface area contributed by atoms with Crippen molar-refractivity contribution in [2.75, 3.05) is 13.1 Å². The molecule has 0 aliphatic carbocycles. The number of carbonyl (C=O) groups excluding carboxylic acids is 1. The van der Waals surface area contributed by atoms with Gasteiger partial charge in [0.05, 0.1) is 0 Å². The molecule has 58 valence electrons. The highest BCUT2D eigenvalue weighted by molar-refractivity contribution is 5.66. The first-order valence-electron chi connectivity index (χ1n) is 3.26. The topological polar surface area (TPSA) is 58.6 Å². The first kappa shape index (κ1) is 7.50. The molecule has 1 heterocycles. The van der Waals surface area contributed by atoms with Crippen LogP contribution in [0.15, 0.2) is 0 Å². The van der Waals surface area contributed by atoms with Gasteiger partial charge in [-0.1, -0.05) is 0 Å². The van der Waals surface area contributed by atoms with Gasteiger partial charge in [0.1, 0.15) is 12.2 Å². The molecule has 1 rings (SSSR count). The van der Waals surface area contributed by atoms with Crippen LogP contribution in [0, 0.1) is 0 Å². The van der Waals surface area contributed by atoms with E-state index in [1.165, 1.54) is 6.92 Å². The zero-order chi connectivity index (χ0) is 7.56. The summed E-state index contributed by atoms with van der Waals surface area (Å²) in [6.45, 7) is 2.41. The Morgan fingerprint density at radius 1 is 1.70 bits per heavy atom. The Morgan fingerprint density at radius 2 is 2.40 bits per heavy atom. The van der Waals surface area contributed by atoms with Crippen molar-refractivity contribution in [3.63, 3.8) is 0 Å². The van der Waals surface area contributed by atoms with Crippen LogP contribution >= 0.6 is 0 Å². The molecule has 0 bridgehead atoms. The van der Waals surface area contributed by atoms with Crippen molar-refractivity contribution in [2.45, 2.75) is 19.1 Å². The van der Waals surface area contributed by atoms with Crippen molar-refractivity contribution in [3.05, 3.63) is 0 Å². The van der Waals surface area contributed by atoms with Crippen molar-refractivity contribution in [1.29, 1.82) is 0 Å². The molecule has 0 unspecified atom stereocenters. The third-order valence-corrected chi connectivity index (χ3v) is 1.45. The van der Waals surface area contributed by atoms with Crippen molar-refractivity contribution in [2.24, 2.45) is 0 Å². The van der Waals surface area contributed by atoms with Gasteiger partial charge >= 0.3 is 5.97 Å². The lowest BCUT2D eigenvalue weighted by molar-refractivity contribution is -0.149. The summed E-state index contributed by atoms with van der Waals surface area (Å²) in [5.74, 6) is -0.340. The average Bonchev–Trinajstić information content (AvgIpc) is 2.15. The number of aliphatic hydroxyl groups excluding tert-OH is 1. The highest BCUT2D eigenvalue weighted by atomic mass is 16.6. The maximum absolute atomic E-state index is 10.4. The van der Waals surface area contributed by atoms with Gasteiger partial charge < -0.3 is 15.2 Å². The Labute approximate surface area is 59.2 Å². The van der Waals surface area contributed by atoms with Gasteiger partial charge in [0, 0.05) is 20.0 Å². The van der Waals surface area contributed by atoms with Crippen molar-refractivity contribution < 1.29 is 14.6 Å². The summed E-state index contributed by atoms with van der Waals surface area (Å²) < 4.78 is 4.77. The summed E-state index contributed by atoms with van der Waals surface area (Å²) in [6.07, 6.45) is -0.888. The molecule has 2 atom stereocenters. The molecule has 1 saturated heterocycles. The summed E-state index contributed by atoms with van der Waals surface area (Å²) >= 11 is 0. The fraction of sp³-hybridized carbons (Fsp3) is 0.833. The molecule has 0 aromatic heterocycles. The van der Waals surface area contributed by atoms with Crippen LogP contribution in [0.1, 0.15) is 6.92 Å². The number of β-amino-alcohol motifs (C(OH)–C–C–N with tert-alkyl or cyclic N) is 1. The average molecular weight is 145 g/mol. The van der Waals surface area contributed by atoms with E-state index in [-0.39, 0.29) is 12.1 Å². The molecule has 2 N–H and O–H groups in total. The quantitative estimate of drug-likeness (QED) is 0.459. The van der Waals surface area contributed by atoms with Gasteiger partial charge in [-0.15, -0.1) is 0 Å². The number of hydrogen-bond acceptors (Lipinski definition) is 4. The van der Waals surface area contributed by atoms with Crippen LogP contribution in [0.25, 0.3) is 0 Å². The van der Waals surface area contributed by atoms with Gasteiger partial charge in [0.25, 0.3) is 0 Å². The van der Waals surface area contributed by atoms with Gasteiger partial charge in [0.15, 0.2) is 0 Å². The predicted octanol–water partition coefficient (Wildman–Crippen LogP) is -1.12. The second kappa shape index (κ2) is 2.98. The fourth-order valence-corrected chi connectivity index (χ4v) is 0.974. The maximum atomic E-state index is 10.4. The molecule has 0 aromatic rings. The normalized spacial score (nSPS) is 32.2. The van der Waals surface area contributed by atoms with Crippen molar-refractivity contribution in [1.82, 2.24) is 5.32 Å². The summed E-state index contributed by atoms with van der Waals surface area (Å²) in [4.78, 5) is 10.4. The SMILES string of the molecule is CC(=O)O[C@@H]1CNC[C@H]1O. The first-order chi connectivity index (χ1) is 4.70. The largest absolute Gasteiger partial charge is 0.458 e. The predicted molar refractivity (Wildman–Crippen MR) is 34.4 cm³/mol. The molecule has 1 aliphatic rings. The fourth-order valence-electron chi connectivity index (χ4n) is 0.974. The van der Waals surface area contributed by atoms with Gasteiger partial charge in [0.2, 0.25) is 0 Å². The maximum Gasteiger partial charge on any atom is 0.303 e. The monoisotopic (exact) mass is 145 g/mol. The van der Waals surface area contributed by atoms with E-state index in [2.05, 4.69) is 5.32 Å². The minimum Gasteiger partial charge on any atom is -0.458 e. The van der Waals surface area contributed by atoms with Crippen molar-refractivity contribution >= 4 is 5.97 Å². The lowest BCUT2D eigenvalue weighted by Gasteiger charge is -2.12. The Hall–Kier alpha value is -0.610. The summed E-state index contributed by atoms with van der Waals surface area (Å²) in [7, 11) is 0. The van der Waals surface area contributed by atoms with E-state index in [9.17, 15) is 4.79 Å². The first-order valence-corrected chi connectivity index (χ1v) is 3.26. The molecule has 10 heavy (non-hydrogen) atoms. The number of ether oxygens (including phenoxy) is 1. The Kier molecular flexibility index (Phi) is 2.24. The lowest BCUT2D eigenvalue weighted by atomic mass is 10.3. The summed E-state index contributed by atoms with van der Waals surface area (Å²) in [5.41, 5.74) is 0. The van der Waals surface area contributed by atoms with Gasteiger partial charge in [-0.05, 0) is 0 Å². The van der Waals surface area contributed by atoms with E-state index >= 15 is 0 Å². The number of aliphatic hydroxyl groups is 1. The molecule has 0 saturated carbocycles. The molecule has 0 radical (unpaired) electrons. The van der Waals surface area contributed by atoms with Crippen LogP contribution in [-0.4, -0.2) is 36.4 Å². The standard InChI is InChI=1S/C6H11NO3/c1-4(8)10-6-3-7-2-5(6)9/h5-7,9H,2-3H2,1H3/t5-,6-/m1/s1. The second-order valence-corrected chi connectivity index (χ2v) is 2.37. The molecule has 4 heteroatoms. The number of nitrogens with one attached hydrogen (secondary N) is 1. The molecule has 0 amide bonds. The van der Waals surface area contributed by atoms with E-state index in [0.29, 0.717) is 13.1 Å². The van der Waals surface area contributed by atoms with Crippen LogP contribution in [0.2, 0.25) is 0 Å². The zero-order valence-electron chi connectivity index (χ0n) is 5.83. The summed E-state index contributed by atoms with van der Waals surface area (Å²) in [5, 5.41) is 12.0. The Balaban J connectivity index is 2.33. The third-order valence-electron chi connectivity index (χ3n) is 1.45. The molecular formula is C6H11NO3. The van der Waals surface area contributed by atoms with Gasteiger partial charge in [-0.3, -0.25) is 4.79 Å². The van der Waals surface area contributed by atoms with E-state index in [4.69, 9.17) is 9.84 Å². The highest BCUT2D eigenvalue weighted by Gasteiger charge is 2.26. The Bertz CT molecular complexity index is 137. The number of hydrogen-bond donors (Lipinski definition) is 2. The number of rotatable bonds is 1. The molecule has 0 spiro atoms. The molecule has 1 fully saturated rings. The minimum atomic E-state index is -0.538. The Morgan fingerprint density at radius 3 is 2.80 bits per heavy atom. The lowest BCUT2D eigenvalue weighted by Crippen LogP contribution is -2.28. The molecule has 1 aliphatic heterocycles.